The molecule has 3 atom stereocenters. The van der Waals surface area contributed by atoms with Gasteiger partial charge < -0.3 is 15.7 Å². The third kappa shape index (κ3) is 3.00. The van der Waals surface area contributed by atoms with Gasteiger partial charge in [0.15, 0.2) is 0 Å². The first-order valence-electron chi connectivity index (χ1n) is 6.54. The van der Waals surface area contributed by atoms with Gasteiger partial charge in [-0.25, -0.2) is 4.39 Å². The van der Waals surface area contributed by atoms with Crippen molar-refractivity contribution in [2.45, 2.75) is 31.9 Å². The highest BCUT2D eigenvalue weighted by molar-refractivity contribution is 5.47. The minimum absolute atomic E-state index is 0.0648. The molecule has 1 aliphatic rings. The highest BCUT2D eigenvalue weighted by Crippen LogP contribution is 2.25. The minimum atomic E-state index is -0.306. The van der Waals surface area contributed by atoms with Gasteiger partial charge >= 0.3 is 0 Å². The average Bonchev–Trinajstić information content (AvgIpc) is 2.38. The van der Waals surface area contributed by atoms with Gasteiger partial charge in [0.25, 0.3) is 0 Å². The van der Waals surface area contributed by atoms with Gasteiger partial charge in [0.2, 0.25) is 0 Å². The summed E-state index contributed by atoms with van der Waals surface area (Å²) in [5.41, 5.74) is 7.02. The molecule has 1 aliphatic heterocycles. The van der Waals surface area contributed by atoms with Gasteiger partial charge in [0, 0.05) is 30.7 Å². The van der Waals surface area contributed by atoms with Gasteiger partial charge in [0.1, 0.15) is 5.82 Å². The lowest BCUT2D eigenvalue weighted by Crippen LogP contribution is -2.50. The Morgan fingerprint density at radius 1 is 1.39 bits per heavy atom. The van der Waals surface area contributed by atoms with Crippen molar-refractivity contribution in [2.75, 3.05) is 18.0 Å². The molecule has 1 aromatic carbocycles. The normalized spacial score (nSPS) is 26.1. The van der Waals surface area contributed by atoms with E-state index in [4.69, 9.17) is 5.73 Å². The van der Waals surface area contributed by atoms with Crippen LogP contribution in [0.1, 0.15) is 19.8 Å². The standard InChI is InChI=1S/C14H21FN2O/c1-2-14(18)10-7-12(16)9-17(8-10)13-5-3-11(15)4-6-13/h3-6,10,12,14,18H,2,7-9,16H2,1H3. The van der Waals surface area contributed by atoms with Crippen LogP contribution in [-0.2, 0) is 0 Å². The molecule has 0 saturated carbocycles. The van der Waals surface area contributed by atoms with E-state index in [0.29, 0.717) is 0 Å². The number of piperidine rings is 1. The van der Waals surface area contributed by atoms with Crippen LogP contribution in [0.4, 0.5) is 10.1 Å². The summed E-state index contributed by atoms with van der Waals surface area (Å²) in [5, 5.41) is 9.97. The number of benzene rings is 1. The number of aliphatic hydroxyl groups excluding tert-OH is 1. The third-order valence-electron chi connectivity index (χ3n) is 3.67. The maximum atomic E-state index is 12.9. The Morgan fingerprint density at radius 2 is 2.06 bits per heavy atom. The van der Waals surface area contributed by atoms with Crippen LogP contribution in [0.15, 0.2) is 24.3 Å². The summed E-state index contributed by atoms with van der Waals surface area (Å²) in [4.78, 5) is 2.14. The molecule has 1 fully saturated rings. The van der Waals surface area contributed by atoms with Crippen molar-refractivity contribution in [2.24, 2.45) is 11.7 Å². The Bertz CT molecular complexity index is 382. The van der Waals surface area contributed by atoms with Crippen LogP contribution in [0.25, 0.3) is 0 Å². The number of hydrogen-bond donors (Lipinski definition) is 2. The Morgan fingerprint density at radius 3 is 2.67 bits per heavy atom. The molecule has 0 amide bonds. The quantitative estimate of drug-likeness (QED) is 0.861. The zero-order valence-electron chi connectivity index (χ0n) is 10.7. The number of nitrogens with two attached hydrogens (primary N) is 1. The molecule has 3 nitrogen and oxygen atoms in total. The Balaban J connectivity index is 2.10. The van der Waals surface area contributed by atoms with Crippen molar-refractivity contribution in [1.29, 1.82) is 0 Å². The Labute approximate surface area is 107 Å². The average molecular weight is 252 g/mol. The molecule has 0 aliphatic carbocycles. The van der Waals surface area contributed by atoms with E-state index < -0.39 is 0 Å². The molecule has 18 heavy (non-hydrogen) atoms. The maximum Gasteiger partial charge on any atom is 0.123 e. The number of aliphatic hydroxyl groups is 1. The summed E-state index contributed by atoms with van der Waals surface area (Å²) < 4.78 is 12.9. The van der Waals surface area contributed by atoms with Crippen LogP contribution in [0.3, 0.4) is 0 Å². The fourth-order valence-electron chi connectivity index (χ4n) is 2.65. The smallest absolute Gasteiger partial charge is 0.123 e. The Kier molecular flexibility index (Phi) is 4.19. The van der Waals surface area contributed by atoms with E-state index in [0.717, 1.165) is 31.6 Å². The molecule has 0 radical (unpaired) electrons. The SMILES string of the molecule is CCC(O)C1CC(N)CN(c2ccc(F)cc2)C1. The van der Waals surface area contributed by atoms with Crippen molar-refractivity contribution in [3.8, 4) is 0 Å². The van der Waals surface area contributed by atoms with E-state index >= 15 is 0 Å². The molecular weight excluding hydrogens is 231 g/mol. The summed E-state index contributed by atoms with van der Waals surface area (Å²) in [6, 6.07) is 6.52. The fourth-order valence-corrected chi connectivity index (χ4v) is 2.65. The van der Waals surface area contributed by atoms with Crippen molar-refractivity contribution in [1.82, 2.24) is 0 Å². The molecular formula is C14H21FN2O. The van der Waals surface area contributed by atoms with Crippen LogP contribution in [0, 0.1) is 11.7 Å². The van der Waals surface area contributed by atoms with E-state index in [9.17, 15) is 9.50 Å². The number of rotatable bonds is 3. The second kappa shape index (κ2) is 5.67. The van der Waals surface area contributed by atoms with Gasteiger partial charge in [-0.2, -0.15) is 0 Å². The van der Waals surface area contributed by atoms with Gasteiger partial charge in [0.05, 0.1) is 6.10 Å². The van der Waals surface area contributed by atoms with E-state index in [1.54, 1.807) is 12.1 Å². The van der Waals surface area contributed by atoms with Crippen molar-refractivity contribution in [3.63, 3.8) is 0 Å². The summed E-state index contributed by atoms with van der Waals surface area (Å²) in [6.45, 7) is 3.53. The molecule has 3 N–H and O–H groups in total. The molecule has 1 aromatic rings. The van der Waals surface area contributed by atoms with Gasteiger partial charge in [-0.05, 0) is 37.1 Å². The first kappa shape index (κ1) is 13.3. The van der Waals surface area contributed by atoms with Crippen LogP contribution >= 0.6 is 0 Å². The van der Waals surface area contributed by atoms with Gasteiger partial charge in [-0.15, -0.1) is 0 Å². The first-order chi connectivity index (χ1) is 8.60. The number of halogens is 1. The number of nitrogens with zero attached hydrogens (tertiary/aromatic N) is 1. The molecule has 1 heterocycles. The van der Waals surface area contributed by atoms with Crippen molar-refractivity contribution in [3.05, 3.63) is 30.1 Å². The lowest BCUT2D eigenvalue weighted by Gasteiger charge is -2.39. The van der Waals surface area contributed by atoms with Gasteiger partial charge in [-0.1, -0.05) is 6.92 Å². The predicted molar refractivity (Wildman–Crippen MR) is 71.0 cm³/mol. The molecule has 100 valence electrons. The van der Waals surface area contributed by atoms with Gasteiger partial charge in [-0.3, -0.25) is 0 Å². The molecule has 4 heteroatoms. The molecule has 2 rings (SSSR count). The predicted octanol–water partition coefficient (Wildman–Crippen LogP) is 1.75. The fraction of sp³-hybridized carbons (Fsp3) is 0.571. The Hall–Kier alpha value is -1.13. The molecule has 0 spiro atoms. The molecule has 1 saturated heterocycles. The zero-order chi connectivity index (χ0) is 13.1. The second-order valence-electron chi connectivity index (χ2n) is 5.11. The summed E-state index contributed by atoms with van der Waals surface area (Å²) >= 11 is 0. The minimum Gasteiger partial charge on any atom is -0.393 e. The second-order valence-corrected chi connectivity index (χ2v) is 5.11. The van der Waals surface area contributed by atoms with E-state index in [2.05, 4.69) is 4.90 Å². The third-order valence-corrected chi connectivity index (χ3v) is 3.67. The topological polar surface area (TPSA) is 49.5 Å². The van der Waals surface area contributed by atoms with Crippen LogP contribution in [-0.4, -0.2) is 30.3 Å². The summed E-state index contributed by atoms with van der Waals surface area (Å²) in [6.07, 6.45) is 1.29. The van der Waals surface area contributed by atoms with Crippen molar-refractivity contribution < 1.29 is 9.50 Å². The van der Waals surface area contributed by atoms with E-state index in [1.807, 2.05) is 6.92 Å². The molecule has 3 unspecified atom stereocenters. The lowest BCUT2D eigenvalue weighted by atomic mass is 9.88. The first-order valence-corrected chi connectivity index (χ1v) is 6.54. The summed E-state index contributed by atoms with van der Waals surface area (Å²) in [7, 11) is 0. The van der Waals surface area contributed by atoms with Crippen LogP contribution < -0.4 is 10.6 Å². The van der Waals surface area contributed by atoms with E-state index in [1.165, 1.54) is 12.1 Å². The van der Waals surface area contributed by atoms with Crippen LogP contribution in [0.5, 0.6) is 0 Å². The lowest BCUT2D eigenvalue weighted by molar-refractivity contribution is 0.0902. The largest absolute Gasteiger partial charge is 0.393 e. The highest BCUT2D eigenvalue weighted by atomic mass is 19.1. The van der Waals surface area contributed by atoms with Crippen LogP contribution in [0.2, 0.25) is 0 Å². The van der Waals surface area contributed by atoms with E-state index in [-0.39, 0.29) is 23.9 Å². The zero-order valence-corrected chi connectivity index (χ0v) is 10.7. The highest BCUT2D eigenvalue weighted by Gasteiger charge is 2.29. The summed E-state index contributed by atoms with van der Waals surface area (Å²) in [5.74, 6) is -0.0333. The molecule has 0 aromatic heterocycles. The monoisotopic (exact) mass is 252 g/mol. The molecule has 0 bridgehead atoms. The van der Waals surface area contributed by atoms with Crippen molar-refractivity contribution >= 4 is 5.69 Å². The number of anilines is 1. The maximum absolute atomic E-state index is 12.9. The number of hydrogen-bond acceptors (Lipinski definition) is 3.